The lowest BCUT2D eigenvalue weighted by atomic mass is 10.1. The molecule has 1 amide bonds. The maximum atomic E-state index is 12.3. The molecule has 0 saturated carbocycles. The second kappa shape index (κ2) is 7.57. The number of carbonyl (C=O) groups excluding carboxylic acids is 1. The molecule has 1 aromatic carbocycles. The molecule has 1 unspecified atom stereocenters. The molecule has 1 aliphatic rings. The summed E-state index contributed by atoms with van der Waals surface area (Å²) in [4.78, 5) is 16.4. The monoisotopic (exact) mass is 289 g/mol. The van der Waals surface area contributed by atoms with Crippen molar-refractivity contribution in [3.63, 3.8) is 0 Å². The molecule has 4 nitrogen and oxygen atoms in total. The average Bonchev–Trinajstić information content (AvgIpc) is 2.89. The van der Waals surface area contributed by atoms with E-state index in [1.54, 1.807) is 0 Å². The Morgan fingerprint density at radius 3 is 2.76 bits per heavy atom. The predicted molar refractivity (Wildman–Crippen MR) is 86.1 cm³/mol. The van der Waals surface area contributed by atoms with Crippen molar-refractivity contribution in [2.45, 2.75) is 19.9 Å². The molecule has 0 aliphatic carbocycles. The summed E-state index contributed by atoms with van der Waals surface area (Å²) >= 11 is 0. The van der Waals surface area contributed by atoms with Gasteiger partial charge in [-0.1, -0.05) is 29.8 Å². The maximum Gasteiger partial charge on any atom is 0.236 e. The minimum absolute atomic E-state index is 0.209. The number of benzene rings is 1. The highest BCUT2D eigenvalue weighted by Gasteiger charge is 2.24. The van der Waals surface area contributed by atoms with E-state index in [4.69, 9.17) is 0 Å². The van der Waals surface area contributed by atoms with E-state index in [0.717, 1.165) is 19.6 Å². The quantitative estimate of drug-likeness (QED) is 0.862. The average molecular weight is 289 g/mol. The minimum Gasteiger partial charge on any atom is -0.340 e. The number of amides is 1. The molecule has 21 heavy (non-hydrogen) atoms. The van der Waals surface area contributed by atoms with Gasteiger partial charge >= 0.3 is 0 Å². The third-order valence-electron chi connectivity index (χ3n) is 4.19. The molecule has 4 heteroatoms. The second-order valence-electron chi connectivity index (χ2n) is 6.18. The van der Waals surface area contributed by atoms with Crippen molar-refractivity contribution in [1.29, 1.82) is 0 Å². The van der Waals surface area contributed by atoms with Crippen LogP contribution in [-0.4, -0.2) is 56.0 Å². The third-order valence-corrected chi connectivity index (χ3v) is 4.19. The lowest BCUT2D eigenvalue weighted by Gasteiger charge is -2.22. The SMILES string of the molecule is CNCC1CCN(CC(=O)N(C)Cc2ccc(C)cc2)C1. The van der Waals surface area contributed by atoms with Gasteiger partial charge in [0.05, 0.1) is 6.54 Å². The second-order valence-corrected chi connectivity index (χ2v) is 6.18. The van der Waals surface area contributed by atoms with Gasteiger partial charge < -0.3 is 10.2 Å². The maximum absolute atomic E-state index is 12.3. The van der Waals surface area contributed by atoms with Crippen LogP contribution in [0.4, 0.5) is 0 Å². The fourth-order valence-electron chi connectivity index (χ4n) is 2.88. The topological polar surface area (TPSA) is 35.6 Å². The molecule has 1 atom stereocenters. The van der Waals surface area contributed by atoms with E-state index in [0.29, 0.717) is 19.0 Å². The molecule has 1 fully saturated rings. The van der Waals surface area contributed by atoms with E-state index in [-0.39, 0.29) is 5.91 Å². The Bertz CT molecular complexity index is 458. The van der Waals surface area contributed by atoms with Crippen LogP contribution in [0.15, 0.2) is 24.3 Å². The molecule has 2 rings (SSSR count). The number of likely N-dealkylation sites (tertiary alicyclic amines) is 1. The van der Waals surface area contributed by atoms with Crippen LogP contribution in [0.5, 0.6) is 0 Å². The molecule has 0 radical (unpaired) electrons. The molecule has 1 heterocycles. The first kappa shape index (κ1) is 16.0. The van der Waals surface area contributed by atoms with Crippen molar-refractivity contribution in [1.82, 2.24) is 15.1 Å². The molecular weight excluding hydrogens is 262 g/mol. The van der Waals surface area contributed by atoms with Gasteiger partial charge in [0.2, 0.25) is 5.91 Å². The minimum atomic E-state index is 0.209. The summed E-state index contributed by atoms with van der Waals surface area (Å²) < 4.78 is 0. The number of likely N-dealkylation sites (N-methyl/N-ethyl adjacent to an activating group) is 1. The number of nitrogens with one attached hydrogen (secondary N) is 1. The van der Waals surface area contributed by atoms with Gasteiger partial charge in [0.25, 0.3) is 0 Å². The smallest absolute Gasteiger partial charge is 0.236 e. The number of nitrogens with zero attached hydrogens (tertiary/aromatic N) is 2. The predicted octanol–water partition coefficient (Wildman–Crippen LogP) is 1.49. The Morgan fingerprint density at radius 1 is 1.38 bits per heavy atom. The lowest BCUT2D eigenvalue weighted by Crippen LogP contribution is -2.37. The van der Waals surface area contributed by atoms with Gasteiger partial charge in [0.1, 0.15) is 0 Å². The molecule has 1 saturated heterocycles. The van der Waals surface area contributed by atoms with Crippen molar-refractivity contribution in [3.05, 3.63) is 35.4 Å². The van der Waals surface area contributed by atoms with Gasteiger partial charge in [-0.3, -0.25) is 9.69 Å². The van der Waals surface area contributed by atoms with Gasteiger partial charge in [-0.25, -0.2) is 0 Å². The van der Waals surface area contributed by atoms with Crippen LogP contribution in [0.3, 0.4) is 0 Å². The largest absolute Gasteiger partial charge is 0.340 e. The van der Waals surface area contributed by atoms with E-state index in [9.17, 15) is 4.79 Å². The summed E-state index contributed by atoms with van der Waals surface area (Å²) in [6, 6.07) is 8.38. The first-order valence-corrected chi connectivity index (χ1v) is 7.75. The Balaban J connectivity index is 1.79. The van der Waals surface area contributed by atoms with Crippen LogP contribution in [0.1, 0.15) is 17.5 Å². The summed E-state index contributed by atoms with van der Waals surface area (Å²) in [5.74, 6) is 0.894. The Labute approximate surface area is 128 Å². The Kier molecular flexibility index (Phi) is 5.76. The highest BCUT2D eigenvalue weighted by atomic mass is 16.2. The molecule has 0 aromatic heterocycles. The van der Waals surface area contributed by atoms with Crippen molar-refractivity contribution in [2.24, 2.45) is 5.92 Å². The summed E-state index contributed by atoms with van der Waals surface area (Å²) in [6.07, 6.45) is 1.19. The molecule has 1 N–H and O–H groups in total. The van der Waals surface area contributed by atoms with Crippen LogP contribution in [0, 0.1) is 12.8 Å². The molecule has 1 aliphatic heterocycles. The fourth-order valence-corrected chi connectivity index (χ4v) is 2.88. The number of aryl methyl sites for hydroxylation is 1. The lowest BCUT2D eigenvalue weighted by molar-refractivity contribution is -0.131. The summed E-state index contributed by atoms with van der Waals surface area (Å²) in [6.45, 7) is 6.42. The van der Waals surface area contributed by atoms with E-state index in [1.165, 1.54) is 17.5 Å². The highest BCUT2D eigenvalue weighted by molar-refractivity contribution is 5.78. The number of rotatable bonds is 6. The van der Waals surface area contributed by atoms with Crippen LogP contribution in [0.25, 0.3) is 0 Å². The van der Waals surface area contributed by atoms with Crippen molar-refractivity contribution in [3.8, 4) is 0 Å². The Hall–Kier alpha value is -1.39. The van der Waals surface area contributed by atoms with Crippen molar-refractivity contribution in [2.75, 3.05) is 40.3 Å². The van der Waals surface area contributed by atoms with E-state index >= 15 is 0 Å². The van der Waals surface area contributed by atoms with Crippen molar-refractivity contribution >= 4 is 5.91 Å². The van der Waals surface area contributed by atoms with Gasteiger partial charge in [0.15, 0.2) is 0 Å². The number of hydrogen-bond acceptors (Lipinski definition) is 3. The zero-order valence-electron chi connectivity index (χ0n) is 13.4. The van der Waals surface area contributed by atoms with Gasteiger partial charge in [0, 0.05) is 20.1 Å². The zero-order chi connectivity index (χ0) is 15.2. The first-order valence-electron chi connectivity index (χ1n) is 7.75. The van der Waals surface area contributed by atoms with E-state index in [2.05, 4.69) is 41.4 Å². The zero-order valence-corrected chi connectivity index (χ0v) is 13.4. The highest BCUT2D eigenvalue weighted by Crippen LogP contribution is 2.15. The number of hydrogen-bond donors (Lipinski definition) is 1. The Morgan fingerprint density at radius 2 is 2.10 bits per heavy atom. The van der Waals surface area contributed by atoms with Crippen molar-refractivity contribution < 1.29 is 4.79 Å². The first-order chi connectivity index (χ1) is 10.1. The van der Waals surface area contributed by atoms with Crippen LogP contribution >= 0.6 is 0 Å². The van der Waals surface area contributed by atoms with Gasteiger partial charge in [-0.15, -0.1) is 0 Å². The fraction of sp³-hybridized carbons (Fsp3) is 0.588. The molecule has 0 bridgehead atoms. The summed E-state index contributed by atoms with van der Waals surface area (Å²) in [7, 11) is 3.88. The third kappa shape index (κ3) is 4.83. The van der Waals surface area contributed by atoms with Crippen LogP contribution < -0.4 is 5.32 Å². The molecule has 116 valence electrons. The van der Waals surface area contributed by atoms with Gasteiger partial charge in [-0.05, 0) is 45.0 Å². The van der Waals surface area contributed by atoms with Gasteiger partial charge in [-0.2, -0.15) is 0 Å². The standard InChI is InChI=1S/C17H27N3O/c1-14-4-6-15(7-5-14)11-19(3)17(21)13-20-9-8-16(12-20)10-18-2/h4-7,16,18H,8-13H2,1-3H3. The summed E-state index contributed by atoms with van der Waals surface area (Å²) in [5.41, 5.74) is 2.44. The van der Waals surface area contributed by atoms with Crippen LogP contribution in [-0.2, 0) is 11.3 Å². The number of carbonyl (C=O) groups is 1. The van der Waals surface area contributed by atoms with Crippen LogP contribution in [0.2, 0.25) is 0 Å². The molecular formula is C17H27N3O. The molecule has 0 spiro atoms. The normalized spacial score (nSPS) is 18.9. The van der Waals surface area contributed by atoms with E-state index < -0.39 is 0 Å². The van der Waals surface area contributed by atoms with E-state index in [1.807, 2.05) is 19.0 Å². The molecule has 1 aromatic rings. The summed E-state index contributed by atoms with van der Waals surface area (Å²) in [5, 5.41) is 3.22.